The highest BCUT2D eigenvalue weighted by atomic mass is 19.2. The summed E-state index contributed by atoms with van der Waals surface area (Å²) in [7, 11) is 0. The number of imidazole rings is 1. The Bertz CT molecular complexity index is 951. The van der Waals surface area contributed by atoms with Crippen LogP contribution in [0, 0.1) is 17.5 Å². The summed E-state index contributed by atoms with van der Waals surface area (Å²) in [5, 5.41) is 0. The first-order chi connectivity index (χ1) is 11.4. The number of anilines is 1. The molecule has 0 spiro atoms. The Morgan fingerprint density at radius 1 is 1.04 bits per heavy atom. The third-order valence-electron chi connectivity index (χ3n) is 4.60. The number of fused-ring (bicyclic) bond motifs is 3. The second kappa shape index (κ2) is 5.24. The first kappa shape index (κ1) is 15.0. The molecule has 0 unspecified atom stereocenters. The highest BCUT2D eigenvalue weighted by Gasteiger charge is 2.32. The van der Waals surface area contributed by atoms with Gasteiger partial charge in [-0.15, -0.1) is 0 Å². The first-order valence-electron chi connectivity index (χ1n) is 7.58. The number of nitrogens with two attached hydrogens (primary N) is 2. The Morgan fingerprint density at radius 2 is 1.79 bits per heavy atom. The van der Waals surface area contributed by atoms with E-state index in [0.717, 1.165) is 22.9 Å². The summed E-state index contributed by atoms with van der Waals surface area (Å²) < 4.78 is 42.8. The predicted molar refractivity (Wildman–Crippen MR) is 84.9 cm³/mol. The highest BCUT2D eigenvalue weighted by Crippen LogP contribution is 2.33. The summed E-state index contributed by atoms with van der Waals surface area (Å²) >= 11 is 0. The van der Waals surface area contributed by atoms with Gasteiger partial charge in [-0.25, -0.2) is 18.2 Å². The van der Waals surface area contributed by atoms with Gasteiger partial charge in [0.15, 0.2) is 11.6 Å². The number of halogens is 3. The van der Waals surface area contributed by atoms with Gasteiger partial charge in [0.1, 0.15) is 11.6 Å². The standard InChI is InChI=1S/C17H15F3N4/c18-11-6-13(20)12(19)4-9(11)10-5-17-23-15-3-8(21)1-2-16(15)24(17)7-14(10)22/h1-4,6,10,14H,5,7,21-22H2/t10-,14+/m1/s1. The average molecular weight is 332 g/mol. The highest BCUT2D eigenvalue weighted by molar-refractivity contribution is 5.79. The van der Waals surface area contributed by atoms with E-state index >= 15 is 0 Å². The van der Waals surface area contributed by atoms with Crippen molar-refractivity contribution in [1.29, 1.82) is 0 Å². The van der Waals surface area contributed by atoms with Gasteiger partial charge >= 0.3 is 0 Å². The largest absolute Gasteiger partial charge is 0.399 e. The number of hydrogen-bond acceptors (Lipinski definition) is 3. The lowest BCUT2D eigenvalue weighted by Crippen LogP contribution is -2.39. The molecule has 2 heterocycles. The zero-order valence-corrected chi connectivity index (χ0v) is 12.6. The van der Waals surface area contributed by atoms with Crippen molar-refractivity contribution in [1.82, 2.24) is 9.55 Å². The molecule has 124 valence electrons. The summed E-state index contributed by atoms with van der Waals surface area (Å²) in [5.41, 5.74) is 14.3. The third-order valence-corrected chi connectivity index (χ3v) is 4.60. The van der Waals surface area contributed by atoms with Crippen LogP contribution in [-0.4, -0.2) is 15.6 Å². The van der Waals surface area contributed by atoms with Crippen LogP contribution in [0.3, 0.4) is 0 Å². The van der Waals surface area contributed by atoms with E-state index in [4.69, 9.17) is 11.5 Å². The van der Waals surface area contributed by atoms with Crippen LogP contribution >= 0.6 is 0 Å². The Morgan fingerprint density at radius 3 is 2.58 bits per heavy atom. The van der Waals surface area contributed by atoms with Gasteiger partial charge in [-0.2, -0.15) is 0 Å². The SMILES string of the molecule is Nc1ccc2c(c1)nc1n2C[C@H](N)[C@@H](c2cc(F)c(F)cc2F)C1. The van der Waals surface area contributed by atoms with Gasteiger partial charge in [0.2, 0.25) is 0 Å². The number of nitrogens with zero attached hydrogens (tertiary/aromatic N) is 2. The molecule has 24 heavy (non-hydrogen) atoms. The van der Waals surface area contributed by atoms with Gasteiger partial charge in [0.25, 0.3) is 0 Å². The van der Waals surface area contributed by atoms with E-state index in [9.17, 15) is 13.2 Å². The second-order valence-electron chi connectivity index (χ2n) is 6.15. The fourth-order valence-corrected chi connectivity index (χ4v) is 3.41. The number of hydrogen-bond donors (Lipinski definition) is 2. The maximum Gasteiger partial charge on any atom is 0.161 e. The normalized spacial score (nSPS) is 20.3. The van der Waals surface area contributed by atoms with E-state index < -0.39 is 29.4 Å². The lowest BCUT2D eigenvalue weighted by molar-refractivity contribution is 0.392. The van der Waals surface area contributed by atoms with Crippen molar-refractivity contribution in [3.8, 4) is 0 Å². The van der Waals surface area contributed by atoms with Gasteiger partial charge < -0.3 is 16.0 Å². The molecule has 1 aliphatic rings. The zero-order chi connectivity index (χ0) is 17.0. The van der Waals surface area contributed by atoms with Crippen LogP contribution in [0.15, 0.2) is 30.3 Å². The first-order valence-corrected chi connectivity index (χ1v) is 7.58. The molecule has 0 aliphatic carbocycles. The van der Waals surface area contributed by atoms with Crippen molar-refractivity contribution in [2.45, 2.75) is 24.9 Å². The number of benzene rings is 2. The lowest BCUT2D eigenvalue weighted by atomic mass is 9.86. The summed E-state index contributed by atoms with van der Waals surface area (Å²) in [6, 6.07) is 6.43. The average Bonchev–Trinajstić information content (AvgIpc) is 2.86. The molecule has 1 aliphatic heterocycles. The predicted octanol–water partition coefficient (Wildman–Crippen LogP) is 2.70. The smallest absolute Gasteiger partial charge is 0.161 e. The molecule has 4 nitrogen and oxygen atoms in total. The molecule has 1 aromatic heterocycles. The molecule has 7 heteroatoms. The summed E-state index contributed by atoms with van der Waals surface area (Å²) in [6.07, 6.45) is 0.345. The van der Waals surface area contributed by atoms with Crippen molar-refractivity contribution in [3.05, 3.63) is 59.2 Å². The van der Waals surface area contributed by atoms with E-state index in [1.165, 1.54) is 0 Å². The van der Waals surface area contributed by atoms with Gasteiger partial charge in [0.05, 0.1) is 11.0 Å². The summed E-state index contributed by atoms with van der Waals surface area (Å²) in [5.74, 6) is -2.81. The molecule has 2 aromatic carbocycles. The van der Waals surface area contributed by atoms with E-state index in [2.05, 4.69) is 4.98 Å². The third kappa shape index (κ3) is 2.24. The molecule has 3 aromatic rings. The van der Waals surface area contributed by atoms with Crippen LogP contribution < -0.4 is 11.5 Å². The van der Waals surface area contributed by atoms with Crippen molar-refractivity contribution < 1.29 is 13.2 Å². The Labute approximate surface area is 135 Å². The van der Waals surface area contributed by atoms with Gasteiger partial charge in [-0.05, 0) is 29.8 Å². The van der Waals surface area contributed by atoms with Crippen molar-refractivity contribution in [2.24, 2.45) is 5.73 Å². The Hall–Kier alpha value is -2.54. The maximum absolute atomic E-state index is 14.1. The second-order valence-corrected chi connectivity index (χ2v) is 6.15. The van der Waals surface area contributed by atoms with Crippen LogP contribution in [-0.2, 0) is 13.0 Å². The fraction of sp³-hybridized carbons (Fsp3) is 0.235. The Balaban J connectivity index is 1.79. The summed E-state index contributed by atoms with van der Waals surface area (Å²) in [6.45, 7) is 0.416. The quantitative estimate of drug-likeness (QED) is 0.532. The molecule has 0 bridgehead atoms. The summed E-state index contributed by atoms with van der Waals surface area (Å²) in [4.78, 5) is 4.53. The molecule has 0 saturated carbocycles. The molecular formula is C17H15F3N4. The minimum absolute atomic E-state index is 0.0826. The van der Waals surface area contributed by atoms with Gasteiger partial charge in [-0.3, -0.25) is 0 Å². The van der Waals surface area contributed by atoms with Crippen molar-refractivity contribution in [3.63, 3.8) is 0 Å². The number of nitrogen functional groups attached to an aromatic ring is 1. The fourth-order valence-electron chi connectivity index (χ4n) is 3.41. The molecule has 0 radical (unpaired) electrons. The van der Waals surface area contributed by atoms with Gasteiger partial charge in [0, 0.05) is 36.7 Å². The molecule has 0 amide bonds. The van der Waals surface area contributed by atoms with Crippen LogP contribution in [0.5, 0.6) is 0 Å². The van der Waals surface area contributed by atoms with Crippen LogP contribution in [0.4, 0.5) is 18.9 Å². The van der Waals surface area contributed by atoms with Crippen molar-refractivity contribution in [2.75, 3.05) is 5.73 Å². The van der Waals surface area contributed by atoms with E-state index in [0.29, 0.717) is 24.7 Å². The molecule has 4 N–H and O–H groups in total. The minimum atomic E-state index is -1.21. The van der Waals surface area contributed by atoms with Crippen LogP contribution in [0.2, 0.25) is 0 Å². The molecule has 4 rings (SSSR count). The van der Waals surface area contributed by atoms with Crippen LogP contribution in [0.25, 0.3) is 11.0 Å². The van der Waals surface area contributed by atoms with E-state index in [1.807, 2.05) is 10.6 Å². The molecular weight excluding hydrogens is 317 g/mol. The topological polar surface area (TPSA) is 69.9 Å². The molecule has 0 fully saturated rings. The molecule has 0 saturated heterocycles. The zero-order valence-electron chi connectivity index (χ0n) is 12.6. The molecule has 2 atom stereocenters. The minimum Gasteiger partial charge on any atom is -0.399 e. The van der Waals surface area contributed by atoms with Crippen LogP contribution in [0.1, 0.15) is 17.3 Å². The van der Waals surface area contributed by atoms with Gasteiger partial charge in [-0.1, -0.05) is 0 Å². The van der Waals surface area contributed by atoms with Crippen molar-refractivity contribution >= 4 is 16.7 Å². The number of rotatable bonds is 1. The maximum atomic E-state index is 14.1. The van der Waals surface area contributed by atoms with E-state index in [1.54, 1.807) is 12.1 Å². The monoisotopic (exact) mass is 332 g/mol. The Kier molecular flexibility index (Phi) is 3.28. The van der Waals surface area contributed by atoms with E-state index in [-0.39, 0.29) is 5.56 Å². The lowest BCUT2D eigenvalue weighted by Gasteiger charge is -2.30. The number of aromatic nitrogens is 2.